The van der Waals surface area contributed by atoms with Crippen LogP contribution in [0, 0.1) is 0 Å². The summed E-state index contributed by atoms with van der Waals surface area (Å²) in [5.41, 5.74) is 2.30. The minimum absolute atomic E-state index is 0.00745. The van der Waals surface area contributed by atoms with E-state index in [1.165, 1.54) is 0 Å². The van der Waals surface area contributed by atoms with Crippen molar-refractivity contribution >= 4 is 5.97 Å². The summed E-state index contributed by atoms with van der Waals surface area (Å²) in [7, 11) is 0. The smallest absolute Gasteiger partial charge is 0.323 e. The molecule has 0 spiro atoms. The van der Waals surface area contributed by atoms with Gasteiger partial charge in [0.15, 0.2) is 0 Å². The fourth-order valence-corrected chi connectivity index (χ4v) is 2.52. The number of hydrogen-bond donors (Lipinski definition) is 1. The predicted octanol–water partition coefficient (Wildman–Crippen LogP) is 2.68. The molecule has 1 saturated heterocycles. The summed E-state index contributed by atoms with van der Waals surface area (Å²) in [6, 6.07) is 20.1. The Bertz CT molecular complexity index is 529. The molecule has 0 amide bonds. The van der Waals surface area contributed by atoms with Gasteiger partial charge < -0.3 is 4.74 Å². The highest BCUT2D eigenvalue weighted by atomic mass is 16.5. The van der Waals surface area contributed by atoms with Crippen LogP contribution in [0.1, 0.15) is 23.6 Å². The Morgan fingerprint density at radius 3 is 1.95 bits per heavy atom. The van der Waals surface area contributed by atoms with Crippen molar-refractivity contribution in [1.82, 2.24) is 5.32 Å². The first-order valence-corrected chi connectivity index (χ1v) is 6.87. The van der Waals surface area contributed by atoms with E-state index in [1.54, 1.807) is 0 Å². The lowest BCUT2D eigenvalue weighted by Gasteiger charge is -2.22. The highest BCUT2D eigenvalue weighted by molar-refractivity contribution is 5.77. The summed E-state index contributed by atoms with van der Waals surface area (Å²) >= 11 is 0. The summed E-state index contributed by atoms with van der Waals surface area (Å²) < 4.78 is 5.04. The SMILES string of the molecule is O=C1OCCC1NC(c1ccccc1)c1ccccc1. The van der Waals surface area contributed by atoms with Gasteiger partial charge in [-0.15, -0.1) is 0 Å². The van der Waals surface area contributed by atoms with Gasteiger partial charge in [0, 0.05) is 6.42 Å². The molecule has 3 heteroatoms. The number of cyclic esters (lactones) is 1. The Balaban J connectivity index is 1.90. The number of hydrogen-bond acceptors (Lipinski definition) is 3. The predicted molar refractivity (Wildman–Crippen MR) is 77.2 cm³/mol. The van der Waals surface area contributed by atoms with Crippen LogP contribution in [-0.2, 0) is 9.53 Å². The second kappa shape index (κ2) is 5.88. The van der Waals surface area contributed by atoms with Gasteiger partial charge in [-0.3, -0.25) is 10.1 Å². The van der Waals surface area contributed by atoms with E-state index in [0.29, 0.717) is 6.61 Å². The molecule has 3 rings (SSSR count). The van der Waals surface area contributed by atoms with Crippen LogP contribution >= 0.6 is 0 Å². The monoisotopic (exact) mass is 267 g/mol. The largest absolute Gasteiger partial charge is 0.464 e. The number of esters is 1. The van der Waals surface area contributed by atoms with Crippen molar-refractivity contribution in [1.29, 1.82) is 0 Å². The molecule has 102 valence electrons. The van der Waals surface area contributed by atoms with Crippen LogP contribution < -0.4 is 5.32 Å². The molecule has 0 radical (unpaired) electrons. The van der Waals surface area contributed by atoms with E-state index < -0.39 is 0 Å². The minimum Gasteiger partial charge on any atom is -0.464 e. The number of carbonyl (C=O) groups excluding carboxylic acids is 1. The molecule has 0 aromatic heterocycles. The van der Waals surface area contributed by atoms with Crippen LogP contribution in [0.3, 0.4) is 0 Å². The standard InChI is InChI=1S/C17H17NO2/c19-17-15(11-12-20-17)18-16(13-7-3-1-4-8-13)14-9-5-2-6-10-14/h1-10,15-16,18H,11-12H2. The average molecular weight is 267 g/mol. The van der Waals surface area contributed by atoms with Crippen molar-refractivity contribution in [3.05, 3.63) is 71.8 Å². The fourth-order valence-electron chi connectivity index (χ4n) is 2.52. The Labute approximate surface area is 118 Å². The number of ether oxygens (including phenoxy) is 1. The summed E-state index contributed by atoms with van der Waals surface area (Å²) in [6.45, 7) is 0.507. The van der Waals surface area contributed by atoms with Crippen molar-refractivity contribution in [2.45, 2.75) is 18.5 Å². The van der Waals surface area contributed by atoms with E-state index in [9.17, 15) is 4.79 Å². The summed E-state index contributed by atoms with van der Waals surface area (Å²) in [6.07, 6.45) is 0.731. The Morgan fingerprint density at radius 2 is 1.50 bits per heavy atom. The molecule has 1 heterocycles. The van der Waals surface area contributed by atoms with Crippen LogP contribution in [0.15, 0.2) is 60.7 Å². The first-order valence-electron chi connectivity index (χ1n) is 6.87. The molecule has 0 saturated carbocycles. The molecule has 0 bridgehead atoms. The molecule has 1 aliphatic heterocycles. The number of rotatable bonds is 4. The van der Waals surface area contributed by atoms with Crippen molar-refractivity contribution in [2.24, 2.45) is 0 Å². The average Bonchev–Trinajstić information content (AvgIpc) is 2.92. The minimum atomic E-state index is -0.222. The molecule has 20 heavy (non-hydrogen) atoms. The molecule has 1 N–H and O–H groups in total. The third-order valence-electron chi connectivity index (χ3n) is 3.57. The second-order valence-corrected chi connectivity index (χ2v) is 4.93. The maximum absolute atomic E-state index is 11.7. The highest BCUT2D eigenvalue weighted by Gasteiger charge is 2.29. The zero-order valence-electron chi connectivity index (χ0n) is 11.2. The summed E-state index contributed by atoms with van der Waals surface area (Å²) in [5, 5.41) is 3.42. The van der Waals surface area contributed by atoms with Crippen molar-refractivity contribution in [3.63, 3.8) is 0 Å². The zero-order chi connectivity index (χ0) is 13.8. The second-order valence-electron chi connectivity index (χ2n) is 4.93. The lowest BCUT2D eigenvalue weighted by molar-refractivity contribution is -0.139. The third-order valence-corrected chi connectivity index (χ3v) is 3.57. The Morgan fingerprint density at radius 1 is 0.950 bits per heavy atom. The number of carbonyl (C=O) groups is 1. The van der Waals surface area contributed by atoms with E-state index in [1.807, 2.05) is 36.4 Å². The van der Waals surface area contributed by atoms with Crippen LogP contribution in [0.5, 0.6) is 0 Å². The van der Waals surface area contributed by atoms with E-state index in [-0.39, 0.29) is 18.1 Å². The van der Waals surface area contributed by atoms with Gasteiger partial charge in [-0.05, 0) is 11.1 Å². The van der Waals surface area contributed by atoms with Gasteiger partial charge in [0.1, 0.15) is 6.04 Å². The van der Waals surface area contributed by atoms with Crippen LogP contribution in [0.4, 0.5) is 0 Å². The highest BCUT2D eigenvalue weighted by Crippen LogP contribution is 2.24. The molecular formula is C17H17NO2. The van der Waals surface area contributed by atoms with Crippen molar-refractivity contribution < 1.29 is 9.53 Å². The summed E-state index contributed by atoms with van der Waals surface area (Å²) in [5.74, 6) is -0.151. The van der Waals surface area contributed by atoms with Gasteiger partial charge in [0.2, 0.25) is 0 Å². The van der Waals surface area contributed by atoms with Gasteiger partial charge in [-0.1, -0.05) is 60.7 Å². The van der Waals surface area contributed by atoms with Crippen molar-refractivity contribution in [2.75, 3.05) is 6.61 Å². The van der Waals surface area contributed by atoms with Gasteiger partial charge in [0.25, 0.3) is 0 Å². The van der Waals surface area contributed by atoms with Gasteiger partial charge in [-0.25, -0.2) is 0 Å². The molecule has 2 aromatic carbocycles. The topological polar surface area (TPSA) is 38.3 Å². The fraction of sp³-hybridized carbons (Fsp3) is 0.235. The Hall–Kier alpha value is -2.13. The first kappa shape index (κ1) is 12.9. The molecule has 0 aliphatic carbocycles. The van der Waals surface area contributed by atoms with E-state index in [0.717, 1.165) is 17.5 Å². The summed E-state index contributed by atoms with van der Waals surface area (Å²) in [4.78, 5) is 11.7. The molecule has 1 unspecified atom stereocenters. The molecule has 3 nitrogen and oxygen atoms in total. The first-order chi connectivity index (χ1) is 9.84. The molecule has 2 aromatic rings. The molecule has 1 aliphatic rings. The van der Waals surface area contributed by atoms with E-state index in [4.69, 9.17) is 4.74 Å². The van der Waals surface area contributed by atoms with Gasteiger partial charge in [-0.2, -0.15) is 0 Å². The third kappa shape index (κ3) is 2.73. The van der Waals surface area contributed by atoms with E-state index >= 15 is 0 Å². The zero-order valence-corrected chi connectivity index (χ0v) is 11.2. The maximum Gasteiger partial charge on any atom is 0.323 e. The van der Waals surface area contributed by atoms with E-state index in [2.05, 4.69) is 29.6 Å². The maximum atomic E-state index is 11.7. The van der Waals surface area contributed by atoms with Crippen molar-refractivity contribution in [3.8, 4) is 0 Å². The van der Waals surface area contributed by atoms with Gasteiger partial charge >= 0.3 is 5.97 Å². The lowest BCUT2D eigenvalue weighted by Crippen LogP contribution is -2.36. The van der Waals surface area contributed by atoms with Crippen LogP contribution in [-0.4, -0.2) is 18.6 Å². The number of benzene rings is 2. The van der Waals surface area contributed by atoms with Crippen LogP contribution in [0.25, 0.3) is 0 Å². The Kier molecular flexibility index (Phi) is 3.79. The lowest BCUT2D eigenvalue weighted by atomic mass is 9.97. The number of nitrogens with one attached hydrogen (secondary N) is 1. The quantitative estimate of drug-likeness (QED) is 0.866. The normalized spacial score (nSPS) is 18.2. The van der Waals surface area contributed by atoms with Crippen LogP contribution in [0.2, 0.25) is 0 Å². The molecule has 1 fully saturated rings. The molecular weight excluding hydrogens is 250 g/mol. The van der Waals surface area contributed by atoms with Gasteiger partial charge in [0.05, 0.1) is 12.6 Å². The molecule has 1 atom stereocenters.